The van der Waals surface area contributed by atoms with E-state index in [4.69, 9.17) is 10.5 Å². The Morgan fingerprint density at radius 2 is 1.95 bits per heavy atom. The number of ether oxygens (including phenoxy) is 1. The topological polar surface area (TPSA) is 53.1 Å². The van der Waals surface area contributed by atoms with Crippen molar-refractivity contribution in [3.8, 4) is 11.6 Å². The van der Waals surface area contributed by atoms with E-state index < -0.39 is 0 Å². The van der Waals surface area contributed by atoms with E-state index in [2.05, 4.69) is 25.0 Å². The predicted octanol–water partition coefficient (Wildman–Crippen LogP) is 3.03. The molecule has 4 nitrogen and oxygen atoms in total. The molecule has 0 saturated heterocycles. The molecule has 1 atom stereocenters. The number of hydrogen-bond acceptors (Lipinski definition) is 3. The Balaban J connectivity index is 2.34. The van der Waals surface area contributed by atoms with Gasteiger partial charge in [0.05, 0.1) is 5.69 Å². The van der Waals surface area contributed by atoms with Crippen molar-refractivity contribution in [3.05, 3.63) is 40.6 Å². The Bertz CT molecular complexity index is 614. The van der Waals surface area contributed by atoms with Gasteiger partial charge in [-0.2, -0.15) is 5.10 Å². The highest BCUT2D eigenvalue weighted by Crippen LogP contribution is 2.29. The molecule has 108 valence electrons. The highest BCUT2D eigenvalue weighted by Gasteiger charge is 2.16. The second kappa shape index (κ2) is 5.67. The lowest BCUT2D eigenvalue weighted by molar-refractivity contribution is 0.424. The Morgan fingerprint density at radius 1 is 1.25 bits per heavy atom. The average Bonchev–Trinajstić information content (AvgIpc) is 2.60. The van der Waals surface area contributed by atoms with Crippen LogP contribution in [0.3, 0.4) is 0 Å². The van der Waals surface area contributed by atoms with Gasteiger partial charge in [-0.3, -0.25) is 0 Å². The van der Waals surface area contributed by atoms with Crippen molar-refractivity contribution < 1.29 is 4.74 Å². The van der Waals surface area contributed by atoms with Gasteiger partial charge >= 0.3 is 0 Å². The second-order valence-corrected chi connectivity index (χ2v) is 5.52. The van der Waals surface area contributed by atoms with Crippen LogP contribution in [-0.2, 0) is 13.5 Å². The van der Waals surface area contributed by atoms with Crippen LogP contribution in [0, 0.1) is 20.8 Å². The summed E-state index contributed by atoms with van der Waals surface area (Å²) in [6.45, 7) is 8.16. The first-order valence-electron chi connectivity index (χ1n) is 6.91. The number of aromatic nitrogens is 2. The zero-order chi connectivity index (χ0) is 14.9. The van der Waals surface area contributed by atoms with E-state index in [1.807, 2.05) is 33.0 Å². The predicted molar refractivity (Wildman–Crippen MR) is 81.3 cm³/mol. The van der Waals surface area contributed by atoms with Gasteiger partial charge in [0, 0.05) is 18.7 Å². The van der Waals surface area contributed by atoms with Gasteiger partial charge in [0.15, 0.2) is 0 Å². The van der Waals surface area contributed by atoms with Crippen LogP contribution in [0.25, 0.3) is 0 Å². The average molecular weight is 273 g/mol. The molecule has 1 heterocycles. The molecule has 1 aromatic heterocycles. The van der Waals surface area contributed by atoms with Gasteiger partial charge in [0.2, 0.25) is 5.88 Å². The zero-order valence-electron chi connectivity index (χ0n) is 12.9. The first-order chi connectivity index (χ1) is 9.38. The van der Waals surface area contributed by atoms with Crippen LogP contribution < -0.4 is 10.5 Å². The van der Waals surface area contributed by atoms with Crippen molar-refractivity contribution in [2.75, 3.05) is 0 Å². The summed E-state index contributed by atoms with van der Waals surface area (Å²) in [5, 5.41) is 4.44. The molecule has 0 bridgehead atoms. The molecule has 0 radical (unpaired) electrons. The van der Waals surface area contributed by atoms with Crippen molar-refractivity contribution >= 4 is 0 Å². The molecule has 0 aliphatic heterocycles. The van der Waals surface area contributed by atoms with Crippen LogP contribution in [0.5, 0.6) is 11.6 Å². The lowest BCUT2D eigenvalue weighted by atomic mass is 10.1. The summed E-state index contributed by atoms with van der Waals surface area (Å²) in [5.74, 6) is 1.62. The van der Waals surface area contributed by atoms with E-state index in [-0.39, 0.29) is 6.04 Å². The monoisotopic (exact) mass is 273 g/mol. The summed E-state index contributed by atoms with van der Waals surface area (Å²) >= 11 is 0. The standard InChI is InChI=1S/C16H23N3O/c1-10-6-7-14(8-11(10)2)20-16-15(9-12(3)17)13(4)18-19(16)5/h6-8,12H,9,17H2,1-5H3. The van der Waals surface area contributed by atoms with E-state index in [1.165, 1.54) is 11.1 Å². The molecule has 0 aliphatic rings. The van der Waals surface area contributed by atoms with Gasteiger partial charge in [-0.05, 0) is 57.4 Å². The molecule has 1 unspecified atom stereocenters. The molecular weight excluding hydrogens is 250 g/mol. The minimum atomic E-state index is 0.0833. The first kappa shape index (κ1) is 14.6. The normalized spacial score (nSPS) is 12.5. The van der Waals surface area contributed by atoms with Gasteiger partial charge in [-0.1, -0.05) is 6.07 Å². The van der Waals surface area contributed by atoms with Gasteiger partial charge in [-0.15, -0.1) is 0 Å². The first-order valence-corrected chi connectivity index (χ1v) is 6.91. The number of nitrogens with zero attached hydrogens (tertiary/aromatic N) is 2. The van der Waals surface area contributed by atoms with Crippen LogP contribution in [-0.4, -0.2) is 15.8 Å². The molecule has 0 saturated carbocycles. The molecule has 20 heavy (non-hydrogen) atoms. The SMILES string of the molecule is Cc1ccc(Oc2c(CC(C)N)c(C)nn2C)cc1C. The maximum Gasteiger partial charge on any atom is 0.221 e. The Morgan fingerprint density at radius 3 is 2.55 bits per heavy atom. The number of benzene rings is 1. The summed E-state index contributed by atoms with van der Waals surface area (Å²) in [4.78, 5) is 0. The van der Waals surface area contributed by atoms with E-state index in [1.54, 1.807) is 4.68 Å². The van der Waals surface area contributed by atoms with E-state index >= 15 is 0 Å². The Kier molecular flexibility index (Phi) is 4.14. The fraction of sp³-hybridized carbons (Fsp3) is 0.438. The Hall–Kier alpha value is -1.81. The maximum absolute atomic E-state index is 6.04. The molecule has 0 fully saturated rings. The van der Waals surface area contributed by atoms with Crippen molar-refractivity contribution in [2.45, 2.75) is 40.2 Å². The third kappa shape index (κ3) is 3.02. The quantitative estimate of drug-likeness (QED) is 0.931. The van der Waals surface area contributed by atoms with Crippen molar-refractivity contribution in [2.24, 2.45) is 12.8 Å². The molecule has 0 spiro atoms. The lowest BCUT2D eigenvalue weighted by Crippen LogP contribution is -2.18. The third-order valence-corrected chi connectivity index (χ3v) is 3.51. The van der Waals surface area contributed by atoms with E-state index in [0.29, 0.717) is 0 Å². The van der Waals surface area contributed by atoms with E-state index in [0.717, 1.165) is 29.3 Å². The second-order valence-electron chi connectivity index (χ2n) is 5.52. The lowest BCUT2D eigenvalue weighted by Gasteiger charge is -2.11. The number of hydrogen-bond donors (Lipinski definition) is 1. The minimum Gasteiger partial charge on any atom is -0.439 e. The summed E-state index contributed by atoms with van der Waals surface area (Å²) in [6.07, 6.45) is 0.764. The van der Waals surface area contributed by atoms with Crippen LogP contribution in [0.4, 0.5) is 0 Å². The smallest absolute Gasteiger partial charge is 0.221 e. The van der Waals surface area contributed by atoms with Crippen molar-refractivity contribution in [1.82, 2.24) is 9.78 Å². The molecular formula is C16H23N3O. The van der Waals surface area contributed by atoms with E-state index in [9.17, 15) is 0 Å². The molecule has 4 heteroatoms. The van der Waals surface area contributed by atoms with Gasteiger partial charge < -0.3 is 10.5 Å². The summed E-state index contributed by atoms with van der Waals surface area (Å²) in [6, 6.07) is 6.19. The summed E-state index contributed by atoms with van der Waals surface area (Å²) in [7, 11) is 1.90. The van der Waals surface area contributed by atoms with Crippen molar-refractivity contribution in [3.63, 3.8) is 0 Å². The minimum absolute atomic E-state index is 0.0833. The fourth-order valence-corrected chi connectivity index (χ4v) is 2.25. The van der Waals surface area contributed by atoms with Crippen LogP contribution in [0.2, 0.25) is 0 Å². The molecule has 0 amide bonds. The van der Waals surface area contributed by atoms with Gasteiger partial charge in [-0.25, -0.2) is 4.68 Å². The van der Waals surface area contributed by atoms with Crippen LogP contribution >= 0.6 is 0 Å². The van der Waals surface area contributed by atoms with Crippen LogP contribution in [0.1, 0.15) is 29.3 Å². The molecule has 2 N–H and O–H groups in total. The zero-order valence-corrected chi connectivity index (χ0v) is 12.9. The molecule has 2 rings (SSSR count). The maximum atomic E-state index is 6.04. The number of aryl methyl sites for hydroxylation is 4. The number of nitrogens with two attached hydrogens (primary N) is 1. The Labute approximate surface area is 120 Å². The number of rotatable bonds is 4. The summed E-state index contributed by atoms with van der Waals surface area (Å²) < 4.78 is 7.82. The third-order valence-electron chi connectivity index (χ3n) is 3.51. The van der Waals surface area contributed by atoms with Crippen LogP contribution in [0.15, 0.2) is 18.2 Å². The van der Waals surface area contributed by atoms with Gasteiger partial charge in [0.1, 0.15) is 5.75 Å². The molecule has 1 aromatic carbocycles. The molecule has 2 aromatic rings. The van der Waals surface area contributed by atoms with Crippen molar-refractivity contribution in [1.29, 1.82) is 0 Å². The highest BCUT2D eigenvalue weighted by molar-refractivity contribution is 5.39. The van der Waals surface area contributed by atoms with Gasteiger partial charge in [0.25, 0.3) is 0 Å². The summed E-state index contributed by atoms with van der Waals surface area (Å²) in [5.41, 5.74) is 10.5. The molecule has 0 aliphatic carbocycles. The highest BCUT2D eigenvalue weighted by atomic mass is 16.5. The fourth-order valence-electron chi connectivity index (χ4n) is 2.25. The largest absolute Gasteiger partial charge is 0.439 e.